The lowest BCUT2D eigenvalue weighted by Crippen LogP contribution is -2.22. The van der Waals surface area contributed by atoms with Crippen LogP contribution < -0.4 is 5.32 Å². The second-order valence-electron chi connectivity index (χ2n) is 5.07. The van der Waals surface area contributed by atoms with Crippen molar-refractivity contribution in [3.63, 3.8) is 0 Å². The molecule has 102 valence electrons. The van der Waals surface area contributed by atoms with E-state index in [-0.39, 0.29) is 0 Å². The van der Waals surface area contributed by atoms with Crippen LogP contribution in [0.15, 0.2) is 44.7 Å². The van der Waals surface area contributed by atoms with Crippen LogP contribution in [-0.4, -0.2) is 6.04 Å². The predicted octanol–water partition coefficient (Wildman–Crippen LogP) is 4.55. The molecule has 1 aromatic heterocycles. The zero-order valence-corrected chi connectivity index (χ0v) is 12.8. The standard InChI is InChI=1S/C16H21NOS/c1-11(2)17-10-14-5-6-15(9-12(14)3)19-16-7-8-18-13(16)4/h5-9,11,17H,10H2,1-4H3. The molecule has 0 radical (unpaired) electrons. The van der Waals surface area contributed by atoms with Crippen molar-refractivity contribution in [2.75, 3.05) is 0 Å². The van der Waals surface area contributed by atoms with Crippen LogP contribution in [-0.2, 0) is 6.54 Å². The lowest BCUT2D eigenvalue weighted by Gasteiger charge is -2.11. The number of hydrogen-bond acceptors (Lipinski definition) is 3. The third-order valence-corrected chi connectivity index (χ3v) is 4.19. The van der Waals surface area contributed by atoms with Crippen LogP contribution in [0.3, 0.4) is 0 Å². The van der Waals surface area contributed by atoms with E-state index in [0.29, 0.717) is 6.04 Å². The van der Waals surface area contributed by atoms with E-state index in [0.717, 1.165) is 12.3 Å². The normalized spacial score (nSPS) is 11.2. The van der Waals surface area contributed by atoms with Gasteiger partial charge in [0.05, 0.1) is 11.2 Å². The highest BCUT2D eigenvalue weighted by Crippen LogP contribution is 2.31. The molecule has 0 unspecified atom stereocenters. The number of benzene rings is 1. The Hall–Kier alpha value is -1.19. The smallest absolute Gasteiger partial charge is 0.114 e. The quantitative estimate of drug-likeness (QED) is 0.867. The Labute approximate surface area is 119 Å². The molecule has 0 aliphatic rings. The fraction of sp³-hybridized carbons (Fsp3) is 0.375. The van der Waals surface area contributed by atoms with E-state index in [1.54, 1.807) is 18.0 Å². The van der Waals surface area contributed by atoms with Crippen molar-refractivity contribution in [1.82, 2.24) is 5.32 Å². The maximum atomic E-state index is 5.32. The average Bonchev–Trinajstić information content (AvgIpc) is 2.74. The molecule has 0 aliphatic carbocycles. The maximum Gasteiger partial charge on any atom is 0.114 e. The molecule has 0 atom stereocenters. The Kier molecular flexibility index (Phi) is 4.72. The van der Waals surface area contributed by atoms with Crippen molar-refractivity contribution in [2.45, 2.75) is 50.1 Å². The van der Waals surface area contributed by atoms with Crippen molar-refractivity contribution in [2.24, 2.45) is 0 Å². The van der Waals surface area contributed by atoms with Crippen LogP contribution in [0.2, 0.25) is 0 Å². The first kappa shape index (κ1) is 14.2. The Bertz CT molecular complexity index is 545. The van der Waals surface area contributed by atoms with Crippen LogP contribution >= 0.6 is 11.8 Å². The van der Waals surface area contributed by atoms with Gasteiger partial charge in [-0.2, -0.15) is 0 Å². The van der Waals surface area contributed by atoms with E-state index in [1.165, 1.54) is 20.9 Å². The van der Waals surface area contributed by atoms with Gasteiger partial charge in [-0.1, -0.05) is 31.7 Å². The fourth-order valence-electron chi connectivity index (χ4n) is 1.85. The van der Waals surface area contributed by atoms with Crippen molar-refractivity contribution in [3.8, 4) is 0 Å². The Morgan fingerprint density at radius 1 is 1.21 bits per heavy atom. The molecular weight excluding hydrogens is 254 g/mol. The lowest BCUT2D eigenvalue weighted by molar-refractivity contribution is 0.527. The summed E-state index contributed by atoms with van der Waals surface area (Å²) in [7, 11) is 0. The van der Waals surface area contributed by atoms with Crippen LogP contribution in [0.5, 0.6) is 0 Å². The van der Waals surface area contributed by atoms with Crippen LogP contribution in [0.25, 0.3) is 0 Å². The van der Waals surface area contributed by atoms with E-state index < -0.39 is 0 Å². The molecule has 0 amide bonds. The summed E-state index contributed by atoms with van der Waals surface area (Å²) in [5, 5.41) is 3.45. The molecule has 3 heteroatoms. The van der Waals surface area contributed by atoms with Crippen molar-refractivity contribution < 1.29 is 4.42 Å². The predicted molar refractivity (Wildman–Crippen MR) is 80.7 cm³/mol. The summed E-state index contributed by atoms with van der Waals surface area (Å²) in [6.07, 6.45) is 1.74. The van der Waals surface area contributed by atoms with Gasteiger partial charge >= 0.3 is 0 Å². The Morgan fingerprint density at radius 3 is 2.58 bits per heavy atom. The zero-order chi connectivity index (χ0) is 13.8. The summed E-state index contributed by atoms with van der Waals surface area (Å²) >= 11 is 1.75. The van der Waals surface area contributed by atoms with Gasteiger partial charge in [0.25, 0.3) is 0 Å². The van der Waals surface area contributed by atoms with Gasteiger partial charge in [-0.05, 0) is 43.2 Å². The monoisotopic (exact) mass is 275 g/mol. The summed E-state index contributed by atoms with van der Waals surface area (Å²) in [6.45, 7) is 9.43. The summed E-state index contributed by atoms with van der Waals surface area (Å²) in [4.78, 5) is 2.45. The van der Waals surface area contributed by atoms with Gasteiger partial charge in [0, 0.05) is 17.5 Å². The molecule has 0 saturated carbocycles. The van der Waals surface area contributed by atoms with E-state index in [2.05, 4.69) is 44.3 Å². The summed E-state index contributed by atoms with van der Waals surface area (Å²) in [5.41, 5.74) is 2.70. The van der Waals surface area contributed by atoms with E-state index in [1.807, 2.05) is 13.0 Å². The summed E-state index contributed by atoms with van der Waals surface area (Å²) < 4.78 is 5.32. The van der Waals surface area contributed by atoms with E-state index in [4.69, 9.17) is 4.42 Å². The molecule has 0 saturated heterocycles. The number of hydrogen-bond donors (Lipinski definition) is 1. The molecule has 1 heterocycles. The van der Waals surface area contributed by atoms with Crippen molar-refractivity contribution in [1.29, 1.82) is 0 Å². The highest BCUT2D eigenvalue weighted by atomic mass is 32.2. The van der Waals surface area contributed by atoms with Crippen LogP contribution in [0.4, 0.5) is 0 Å². The van der Waals surface area contributed by atoms with Crippen molar-refractivity contribution >= 4 is 11.8 Å². The van der Waals surface area contributed by atoms with Gasteiger partial charge in [-0.3, -0.25) is 0 Å². The van der Waals surface area contributed by atoms with Crippen LogP contribution in [0.1, 0.15) is 30.7 Å². The molecule has 1 aromatic carbocycles. The molecule has 0 fully saturated rings. The Balaban J connectivity index is 2.08. The second-order valence-corrected chi connectivity index (χ2v) is 6.18. The number of rotatable bonds is 5. The van der Waals surface area contributed by atoms with Gasteiger partial charge in [-0.25, -0.2) is 0 Å². The first-order valence-electron chi connectivity index (χ1n) is 6.61. The minimum Gasteiger partial charge on any atom is -0.468 e. The Morgan fingerprint density at radius 2 is 2.00 bits per heavy atom. The van der Waals surface area contributed by atoms with Gasteiger partial charge in [-0.15, -0.1) is 0 Å². The average molecular weight is 275 g/mol. The number of aryl methyl sites for hydroxylation is 2. The molecule has 0 spiro atoms. The first-order chi connectivity index (χ1) is 9.06. The maximum absolute atomic E-state index is 5.32. The third-order valence-electron chi connectivity index (χ3n) is 3.05. The molecular formula is C16H21NOS. The fourth-order valence-corrected chi connectivity index (χ4v) is 2.79. The molecule has 19 heavy (non-hydrogen) atoms. The molecule has 1 N–H and O–H groups in total. The highest BCUT2D eigenvalue weighted by Gasteiger charge is 2.06. The molecule has 2 rings (SSSR count). The van der Waals surface area contributed by atoms with Gasteiger partial charge in [0.15, 0.2) is 0 Å². The summed E-state index contributed by atoms with van der Waals surface area (Å²) in [5.74, 6) is 0.980. The zero-order valence-electron chi connectivity index (χ0n) is 12.0. The SMILES string of the molecule is Cc1cc(Sc2ccoc2C)ccc1CNC(C)C. The van der Waals surface area contributed by atoms with E-state index in [9.17, 15) is 0 Å². The summed E-state index contributed by atoms with van der Waals surface area (Å²) in [6, 6.07) is 9.17. The van der Waals surface area contributed by atoms with Crippen LogP contribution in [0, 0.1) is 13.8 Å². The minimum atomic E-state index is 0.516. The molecule has 2 aromatic rings. The van der Waals surface area contributed by atoms with Crippen molar-refractivity contribution in [3.05, 3.63) is 47.4 Å². The highest BCUT2D eigenvalue weighted by molar-refractivity contribution is 7.99. The third kappa shape index (κ3) is 3.88. The van der Waals surface area contributed by atoms with Gasteiger partial charge in [0.2, 0.25) is 0 Å². The first-order valence-corrected chi connectivity index (χ1v) is 7.43. The molecule has 0 bridgehead atoms. The minimum absolute atomic E-state index is 0.516. The van der Waals surface area contributed by atoms with Gasteiger partial charge < -0.3 is 9.73 Å². The molecule has 0 aliphatic heterocycles. The number of nitrogens with one attached hydrogen (secondary N) is 1. The van der Waals surface area contributed by atoms with Gasteiger partial charge in [0.1, 0.15) is 5.76 Å². The topological polar surface area (TPSA) is 25.2 Å². The molecule has 2 nitrogen and oxygen atoms in total. The lowest BCUT2D eigenvalue weighted by atomic mass is 10.1. The number of furan rings is 1. The largest absolute Gasteiger partial charge is 0.468 e. The van der Waals surface area contributed by atoms with E-state index >= 15 is 0 Å². The second kappa shape index (κ2) is 6.31.